The predicted molar refractivity (Wildman–Crippen MR) is 89.8 cm³/mol. The van der Waals surface area contributed by atoms with Gasteiger partial charge in [0.1, 0.15) is 5.60 Å². The van der Waals surface area contributed by atoms with Gasteiger partial charge in [0, 0.05) is 46.0 Å². The lowest BCUT2D eigenvalue weighted by Crippen LogP contribution is -2.46. The second-order valence-corrected chi connectivity index (χ2v) is 6.42. The van der Waals surface area contributed by atoms with Gasteiger partial charge in [0.25, 0.3) is 0 Å². The molecule has 1 aromatic carbocycles. The molecular weight excluding hydrogens is 308 g/mol. The van der Waals surface area contributed by atoms with Crippen LogP contribution in [-0.2, 0) is 19.1 Å². The first-order chi connectivity index (χ1) is 11.7. The molecular formula is C18H24N2O4. The zero-order chi connectivity index (χ0) is 17.0. The molecule has 2 aliphatic rings. The Kier molecular flexibility index (Phi) is 5.16. The molecule has 0 radical (unpaired) electrons. The second-order valence-electron chi connectivity index (χ2n) is 6.42. The number of likely N-dealkylation sites (tertiary alicyclic amines) is 1. The highest BCUT2D eigenvalue weighted by atomic mass is 16.7. The van der Waals surface area contributed by atoms with Gasteiger partial charge in [-0.2, -0.15) is 0 Å². The molecule has 6 nitrogen and oxygen atoms in total. The Morgan fingerprint density at radius 3 is 2.62 bits per heavy atom. The third-order valence-electron chi connectivity index (χ3n) is 4.91. The molecule has 2 aliphatic heterocycles. The molecule has 0 N–H and O–H groups in total. The Bertz CT molecular complexity index is 594. The van der Waals surface area contributed by atoms with Gasteiger partial charge in [0.05, 0.1) is 13.2 Å². The number of nitrogens with zero attached hydrogens (tertiary/aromatic N) is 2. The lowest BCUT2D eigenvalue weighted by Gasteiger charge is -2.38. The van der Waals surface area contributed by atoms with Crippen LogP contribution >= 0.6 is 0 Å². The SMILES string of the molecule is COC(=O)C1=NOC2(CCN(C[C@@H](OC)c3ccccc3)CC2)C1. The van der Waals surface area contributed by atoms with E-state index in [-0.39, 0.29) is 11.7 Å². The Balaban J connectivity index is 1.53. The van der Waals surface area contributed by atoms with E-state index >= 15 is 0 Å². The average molecular weight is 332 g/mol. The number of benzene rings is 1. The lowest BCUT2D eigenvalue weighted by atomic mass is 9.86. The smallest absolute Gasteiger partial charge is 0.355 e. The minimum absolute atomic E-state index is 0.0617. The highest BCUT2D eigenvalue weighted by molar-refractivity contribution is 6.36. The average Bonchev–Trinajstić information content (AvgIpc) is 3.05. The van der Waals surface area contributed by atoms with Crippen molar-refractivity contribution in [1.82, 2.24) is 4.90 Å². The normalized spacial score (nSPS) is 21.2. The Labute approximate surface area is 142 Å². The van der Waals surface area contributed by atoms with Gasteiger partial charge < -0.3 is 19.2 Å². The van der Waals surface area contributed by atoms with Crippen LogP contribution < -0.4 is 0 Å². The summed E-state index contributed by atoms with van der Waals surface area (Å²) in [5, 5.41) is 3.93. The van der Waals surface area contributed by atoms with E-state index in [0.717, 1.165) is 32.5 Å². The molecule has 0 amide bonds. The maximum absolute atomic E-state index is 11.6. The first-order valence-corrected chi connectivity index (χ1v) is 8.29. The quantitative estimate of drug-likeness (QED) is 0.773. The van der Waals surface area contributed by atoms with Crippen molar-refractivity contribution in [3.05, 3.63) is 35.9 Å². The minimum Gasteiger partial charge on any atom is -0.464 e. The Morgan fingerprint density at radius 2 is 2.00 bits per heavy atom. The van der Waals surface area contributed by atoms with Crippen molar-refractivity contribution in [2.24, 2.45) is 5.16 Å². The van der Waals surface area contributed by atoms with Gasteiger partial charge in [-0.3, -0.25) is 0 Å². The third kappa shape index (κ3) is 3.60. The zero-order valence-corrected chi connectivity index (χ0v) is 14.2. The Morgan fingerprint density at radius 1 is 1.29 bits per heavy atom. The van der Waals surface area contributed by atoms with Gasteiger partial charge in [-0.05, 0) is 5.56 Å². The summed E-state index contributed by atoms with van der Waals surface area (Å²) in [7, 11) is 3.12. The van der Waals surface area contributed by atoms with Crippen molar-refractivity contribution in [3.8, 4) is 0 Å². The van der Waals surface area contributed by atoms with Crippen LogP contribution in [0.2, 0.25) is 0 Å². The number of carbonyl (C=O) groups is 1. The number of esters is 1. The summed E-state index contributed by atoms with van der Waals surface area (Å²) < 4.78 is 10.4. The van der Waals surface area contributed by atoms with E-state index < -0.39 is 5.97 Å². The number of methoxy groups -OCH3 is 2. The summed E-state index contributed by atoms with van der Waals surface area (Å²) >= 11 is 0. The maximum atomic E-state index is 11.6. The predicted octanol–water partition coefficient (Wildman–Crippen LogP) is 2.16. The summed E-state index contributed by atoms with van der Waals surface area (Å²) in [5.74, 6) is -0.391. The molecule has 2 heterocycles. The molecule has 130 valence electrons. The summed E-state index contributed by atoms with van der Waals surface area (Å²) in [6.45, 7) is 2.65. The van der Waals surface area contributed by atoms with Crippen molar-refractivity contribution in [1.29, 1.82) is 0 Å². The number of rotatable bonds is 5. The number of piperidine rings is 1. The van der Waals surface area contributed by atoms with E-state index in [1.807, 2.05) is 18.2 Å². The van der Waals surface area contributed by atoms with Crippen LogP contribution in [0.5, 0.6) is 0 Å². The standard InChI is InChI=1S/C18H24N2O4/c1-22-16(14-6-4-3-5-7-14)13-20-10-8-18(9-11-20)12-15(19-24-18)17(21)23-2/h3-7,16H,8-13H2,1-2H3/t16-/m1/s1. The highest BCUT2D eigenvalue weighted by Gasteiger charge is 2.44. The molecule has 1 saturated heterocycles. The highest BCUT2D eigenvalue weighted by Crippen LogP contribution is 2.35. The lowest BCUT2D eigenvalue weighted by molar-refractivity contribution is -0.132. The van der Waals surface area contributed by atoms with Crippen LogP contribution in [0.15, 0.2) is 35.5 Å². The third-order valence-corrected chi connectivity index (χ3v) is 4.91. The van der Waals surface area contributed by atoms with Crippen LogP contribution in [0.3, 0.4) is 0 Å². The topological polar surface area (TPSA) is 60.4 Å². The van der Waals surface area contributed by atoms with Crippen LogP contribution in [0.25, 0.3) is 0 Å². The van der Waals surface area contributed by atoms with Crippen molar-refractivity contribution in [2.45, 2.75) is 31.0 Å². The minimum atomic E-state index is -0.391. The molecule has 0 aromatic heterocycles. The van der Waals surface area contributed by atoms with Crippen molar-refractivity contribution in [3.63, 3.8) is 0 Å². The maximum Gasteiger partial charge on any atom is 0.355 e. The zero-order valence-electron chi connectivity index (χ0n) is 14.2. The number of hydrogen-bond acceptors (Lipinski definition) is 6. The molecule has 1 aromatic rings. The molecule has 0 unspecified atom stereocenters. The molecule has 3 rings (SSSR count). The molecule has 0 saturated carbocycles. The molecule has 0 bridgehead atoms. The molecule has 24 heavy (non-hydrogen) atoms. The van der Waals surface area contributed by atoms with E-state index in [0.29, 0.717) is 12.1 Å². The summed E-state index contributed by atoms with van der Waals surface area (Å²) in [4.78, 5) is 19.6. The van der Waals surface area contributed by atoms with Crippen LogP contribution in [0, 0.1) is 0 Å². The van der Waals surface area contributed by atoms with Crippen molar-refractivity contribution < 1.29 is 19.1 Å². The largest absolute Gasteiger partial charge is 0.464 e. The second kappa shape index (κ2) is 7.32. The van der Waals surface area contributed by atoms with Crippen LogP contribution in [-0.4, -0.2) is 56.0 Å². The van der Waals surface area contributed by atoms with E-state index in [4.69, 9.17) is 14.3 Å². The van der Waals surface area contributed by atoms with Crippen molar-refractivity contribution in [2.75, 3.05) is 33.9 Å². The molecule has 1 fully saturated rings. The van der Waals surface area contributed by atoms with E-state index in [2.05, 4.69) is 22.2 Å². The summed E-state index contributed by atoms with van der Waals surface area (Å²) in [5.41, 5.74) is 1.24. The van der Waals surface area contributed by atoms with Crippen LogP contribution in [0.1, 0.15) is 30.9 Å². The van der Waals surface area contributed by atoms with Crippen LogP contribution in [0.4, 0.5) is 0 Å². The fraction of sp³-hybridized carbons (Fsp3) is 0.556. The van der Waals surface area contributed by atoms with Crippen molar-refractivity contribution >= 4 is 11.7 Å². The van der Waals surface area contributed by atoms with Gasteiger partial charge in [-0.1, -0.05) is 35.5 Å². The monoisotopic (exact) mass is 332 g/mol. The Hall–Kier alpha value is -1.92. The van der Waals surface area contributed by atoms with Gasteiger partial charge in [0.15, 0.2) is 5.71 Å². The molecule has 6 heteroatoms. The fourth-order valence-electron chi connectivity index (χ4n) is 3.38. The number of carbonyl (C=O) groups excluding carboxylic acids is 1. The number of oxime groups is 1. The van der Waals surface area contributed by atoms with Gasteiger partial charge in [0.2, 0.25) is 0 Å². The fourth-order valence-corrected chi connectivity index (χ4v) is 3.38. The first kappa shape index (κ1) is 16.9. The molecule has 1 atom stereocenters. The van der Waals surface area contributed by atoms with Gasteiger partial charge >= 0.3 is 5.97 Å². The summed E-state index contributed by atoms with van der Waals surface area (Å²) in [6.07, 6.45) is 2.30. The van der Waals surface area contributed by atoms with E-state index in [1.54, 1.807) is 7.11 Å². The van der Waals surface area contributed by atoms with E-state index in [1.165, 1.54) is 12.7 Å². The first-order valence-electron chi connectivity index (χ1n) is 8.29. The van der Waals surface area contributed by atoms with E-state index in [9.17, 15) is 4.79 Å². The molecule has 0 aliphatic carbocycles. The number of ether oxygens (including phenoxy) is 2. The molecule has 1 spiro atoms. The van der Waals surface area contributed by atoms with Gasteiger partial charge in [-0.15, -0.1) is 0 Å². The number of hydrogen-bond donors (Lipinski definition) is 0. The summed E-state index contributed by atoms with van der Waals surface area (Å²) in [6, 6.07) is 10.3. The van der Waals surface area contributed by atoms with Gasteiger partial charge in [-0.25, -0.2) is 4.79 Å².